The predicted octanol–water partition coefficient (Wildman–Crippen LogP) is 5.79. The smallest absolute Gasteiger partial charge is 0.159 e. The van der Waals surface area contributed by atoms with Gasteiger partial charge in [0.05, 0.1) is 28.6 Å². The number of aromatic nitrogens is 7. The third-order valence-corrected chi connectivity index (χ3v) is 6.35. The monoisotopic (exact) mass is 504 g/mol. The number of H-pyrrole nitrogens is 2. The van der Waals surface area contributed by atoms with Gasteiger partial charge in [0.1, 0.15) is 17.4 Å². The minimum absolute atomic E-state index is 0.00591. The van der Waals surface area contributed by atoms with E-state index in [1.54, 1.807) is 24.8 Å². The number of nitrogens with zero attached hydrogens (tertiary/aromatic N) is 5. The van der Waals surface area contributed by atoms with Gasteiger partial charge in [-0.25, -0.2) is 4.98 Å². The number of aliphatic hydroxyl groups is 1. The molecule has 9 nitrogen and oxygen atoms in total. The molecule has 6 aromatic rings. The molecule has 5 aromatic heterocycles. The summed E-state index contributed by atoms with van der Waals surface area (Å²) in [5.74, 6) is 0.658. The second-order valence-electron chi connectivity index (χ2n) is 10.6. The van der Waals surface area contributed by atoms with Crippen molar-refractivity contribution < 1.29 is 5.11 Å². The van der Waals surface area contributed by atoms with Crippen molar-refractivity contribution in [2.24, 2.45) is 5.41 Å². The maximum Gasteiger partial charge on any atom is 0.159 e. The number of aliphatic hydroxyl groups excluding tert-OH is 1. The van der Waals surface area contributed by atoms with E-state index in [0.717, 1.165) is 55.7 Å². The molecular weight excluding hydrogens is 476 g/mol. The summed E-state index contributed by atoms with van der Waals surface area (Å²) in [4.78, 5) is 21.4. The summed E-state index contributed by atoms with van der Waals surface area (Å²) >= 11 is 0. The summed E-state index contributed by atoms with van der Waals surface area (Å²) in [7, 11) is 0. The molecule has 0 saturated heterocycles. The lowest BCUT2D eigenvalue weighted by atomic mass is 9.91. The third kappa shape index (κ3) is 4.71. The quantitative estimate of drug-likeness (QED) is 0.211. The Kier molecular flexibility index (Phi) is 5.84. The Labute approximate surface area is 219 Å². The first-order valence-corrected chi connectivity index (χ1v) is 12.5. The van der Waals surface area contributed by atoms with Crippen LogP contribution < -0.4 is 5.32 Å². The Balaban J connectivity index is 1.36. The first-order chi connectivity index (χ1) is 18.3. The zero-order chi connectivity index (χ0) is 26.3. The molecule has 0 aliphatic heterocycles. The minimum Gasteiger partial charge on any atom is -0.374 e. The number of imidazole rings is 1. The van der Waals surface area contributed by atoms with Crippen LogP contribution in [-0.2, 0) is 0 Å². The van der Waals surface area contributed by atoms with Crippen LogP contribution in [0.3, 0.4) is 0 Å². The zero-order valence-electron chi connectivity index (χ0n) is 21.4. The van der Waals surface area contributed by atoms with Gasteiger partial charge in [-0.05, 0) is 53.8 Å². The molecule has 38 heavy (non-hydrogen) atoms. The first-order valence-electron chi connectivity index (χ1n) is 12.5. The minimum atomic E-state index is -0.658. The third-order valence-electron chi connectivity index (χ3n) is 6.35. The van der Waals surface area contributed by atoms with Crippen LogP contribution in [0.2, 0.25) is 0 Å². The Morgan fingerprint density at radius 3 is 2.53 bits per heavy atom. The highest BCUT2D eigenvalue weighted by Gasteiger charge is 2.18. The standard InChI is InChI=1S/C29H28N8O/c1-29(2,3)14-24(38)33-20-12-19(15-31-16-20)18-4-5-22-21(13-18)26(37-36-22)28-34-23-8-11-32-25(27(23)35-28)17-6-9-30-10-7-17/h4-13,15-16,24,33,38H,14H2,1-3H3,(H,34,35)(H,36,37). The molecule has 0 amide bonds. The summed E-state index contributed by atoms with van der Waals surface area (Å²) in [6.45, 7) is 6.30. The molecule has 0 radical (unpaired) electrons. The van der Waals surface area contributed by atoms with Crippen LogP contribution in [0.4, 0.5) is 5.69 Å². The number of pyridine rings is 3. The zero-order valence-corrected chi connectivity index (χ0v) is 21.4. The fourth-order valence-corrected chi connectivity index (χ4v) is 4.64. The van der Waals surface area contributed by atoms with E-state index in [-0.39, 0.29) is 5.41 Å². The molecule has 9 heteroatoms. The maximum absolute atomic E-state index is 10.5. The molecule has 0 aliphatic carbocycles. The topological polar surface area (TPSA) is 128 Å². The molecule has 0 fully saturated rings. The lowest BCUT2D eigenvalue weighted by Gasteiger charge is -2.23. The van der Waals surface area contributed by atoms with Crippen LogP contribution in [0.1, 0.15) is 27.2 Å². The van der Waals surface area contributed by atoms with Gasteiger partial charge < -0.3 is 15.4 Å². The SMILES string of the molecule is CC(C)(C)CC(O)Nc1cncc(-c2ccc3[nH]nc(-c4nc5c(-c6ccncc6)nccc5[nH]4)c3c2)c1. The molecule has 0 aliphatic rings. The van der Waals surface area contributed by atoms with Gasteiger partial charge in [0, 0.05) is 41.3 Å². The summed E-state index contributed by atoms with van der Waals surface area (Å²) in [6.07, 6.45) is 8.77. The van der Waals surface area contributed by atoms with Gasteiger partial charge >= 0.3 is 0 Å². The van der Waals surface area contributed by atoms with Gasteiger partial charge in [-0.2, -0.15) is 5.10 Å². The molecule has 1 unspecified atom stereocenters. The van der Waals surface area contributed by atoms with Gasteiger partial charge in [0.2, 0.25) is 0 Å². The molecule has 4 N–H and O–H groups in total. The number of aromatic amines is 2. The van der Waals surface area contributed by atoms with Crippen molar-refractivity contribution in [3.8, 4) is 33.9 Å². The van der Waals surface area contributed by atoms with Crippen molar-refractivity contribution in [3.63, 3.8) is 0 Å². The summed E-state index contributed by atoms with van der Waals surface area (Å²) < 4.78 is 0. The summed E-state index contributed by atoms with van der Waals surface area (Å²) in [5.41, 5.74) is 7.71. The fraction of sp³-hybridized carbons (Fsp3) is 0.207. The molecule has 0 saturated carbocycles. The van der Waals surface area contributed by atoms with Crippen molar-refractivity contribution in [1.29, 1.82) is 0 Å². The lowest BCUT2D eigenvalue weighted by molar-refractivity contribution is 0.145. The van der Waals surface area contributed by atoms with Gasteiger partial charge in [-0.1, -0.05) is 26.8 Å². The molecule has 1 atom stereocenters. The highest BCUT2D eigenvalue weighted by Crippen LogP contribution is 2.33. The van der Waals surface area contributed by atoms with Gasteiger partial charge in [-0.15, -0.1) is 0 Å². The normalized spacial score (nSPS) is 12.7. The lowest BCUT2D eigenvalue weighted by Crippen LogP contribution is -2.25. The van der Waals surface area contributed by atoms with Crippen LogP contribution in [-0.4, -0.2) is 46.5 Å². The first kappa shape index (κ1) is 23.7. The van der Waals surface area contributed by atoms with Gasteiger partial charge in [0.25, 0.3) is 0 Å². The van der Waals surface area contributed by atoms with Gasteiger partial charge in [-0.3, -0.25) is 20.1 Å². The number of rotatable bonds is 6. The number of benzene rings is 1. The molecule has 6 rings (SSSR count). The highest BCUT2D eigenvalue weighted by molar-refractivity contribution is 5.97. The van der Waals surface area contributed by atoms with E-state index in [9.17, 15) is 5.11 Å². The summed E-state index contributed by atoms with van der Waals surface area (Å²) in [6, 6.07) is 13.9. The van der Waals surface area contributed by atoms with E-state index in [2.05, 4.69) is 62.3 Å². The molecule has 0 spiro atoms. The van der Waals surface area contributed by atoms with Crippen LogP contribution in [0.15, 0.2) is 73.4 Å². The number of fused-ring (bicyclic) bond motifs is 2. The highest BCUT2D eigenvalue weighted by atomic mass is 16.3. The Morgan fingerprint density at radius 1 is 0.868 bits per heavy atom. The van der Waals surface area contributed by atoms with Crippen molar-refractivity contribution in [2.45, 2.75) is 33.4 Å². The predicted molar refractivity (Wildman–Crippen MR) is 149 cm³/mol. The second-order valence-corrected chi connectivity index (χ2v) is 10.6. The Bertz CT molecular complexity index is 1730. The number of anilines is 1. The largest absolute Gasteiger partial charge is 0.374 e. The number of hydrogen-bond donors (Lipinski definition) is 4. The van der Waals surface area contributed by atoms with Crippen LogP contribution in [0, 0.1) is 5.41 Å². The fourth-order valence-electron chi connectivity index (χ4n) is 4.64. The van der Waals surface area contributed by atoms with Crippen molar-refractivity contribution in [3.05, 3.63) is 73.4 Å². The maximum atomic E-state index is 10.5. The van der Waals surface area contributed by atoms with E-state index in [1.807, 2.05) is 42.6 Å². The van der Waals surface area contributed by atoms with Crippen LogP contribution in [0.25, 0.3) is 55.8 Å². The van der Waals surface area contributed by atoms with Crippen molar-refractivity contribution in [2.75, 3.05) is 5.32 Å². The van der Waals surface area contributed by atoms with E-state index < -0.39 is 6.23 Å². The van der Waals surface area contributed by atoms with Crippen molar-refractivity contribution in [1.82, 2.24) is 35.1 Å². The Morgan fingerprint density at radius 2 is 1.71 bits per heavy atom. The van der Waals surface area contributed by atoms with Gasteiger partial charge in [0.15, 0.2) is 5.82 Å². The summed E-state index contributed by atoms with van der Waals surface area (Å²) in [5, 5.41) is 22.3. The molecular formula is C29H28N8O. The van der Waals surface area contributed by atoms with E-state index in [1.165, 1.54) is 0 Å². The average molecular weight is 505 g/mol. The van der Waals surface area contributed by atoms with Crippen LogP contribution in [0.5, 0.6) is 0 Å². The Hall–Kier alpha value is -4.63. The second kappa shape index (κ2) is 9.35. The van der Waals surface area contributed by atoms with E-state index >= 15 is 0 Å². The van der Waals surface area contributed by atoms with Crippen molar-refractivity contribution >= 4 is 27.6 Å². The molecule has 0 bridgehead atoms. The number of hydrogen-bond acceptors (Lipinski definition) is 7. The molecule has 1 aromatic carbocycles. The van der Waals surface area contributed by atoms with E-state index in [0.29, 0.717) is 12.2 Å². The number of nitrogens with one attached hydrogen (secondary N) is 3. The van der Waals surface area contributed by atoms with E-state index in [4.69, 9.17) is 4.98 Å². The average Bonchev–Trinajstić information content (AvgIpc) is 3.51. The molecule has 190 valence electrons. The molecule has 5 heterocycles. The van der Waals surface area contributed by atoms with Crippen LogP contribution >= 0.6 is 0 Å².